The minimum Gasteiger partial charge on any atom is -0.253 e. The molecule has 0 saturated carbocycles. The molecule has 4 rings (SSSR count). The molecule has 1 nitrogen and oxygen atoms in total. The van der Waals surface area contributed by atoms with Gasteiger partial charge in [0.15, 0.2) is 0 Å². The topological polar surface area (TPSA) is 12.9 Å². The number of benzene rings is 2. The molecule has 0 saturated heterocycles. The van der Waals surface area contributed by atoms with E-state index in [1.54, 1.807) is 0 Å². The molecule has 0 unspecified atom stereocenters. The Morgan fingerprint density at radius 1 is 0.783 bits per heavy atom. The normalized spacial score (nSPS) is 13.6. The number of hydrogen-bond donors (Lipinski definition) is 0. The van der Waals surface area contributed by atoms with Gasteiger partial charge in [-0.25, -0.2) is 4.39 Å². The van der Waals surface area contributed by atoms with Crippen LogP contribution in [0.5, 0.6) is 0 Å². The molecule has 23 heavy (non-hydrogen) atoms. The smallest absolute Gasteiger partial charge is 0.123 e. The summed E-state index contributed by atoms with van der Waals surface area (Å²) in [5.41, 5.74) is 6.95. The third-order valence-corrected chi connectivity index (χ3v) is 4.53. The molecule has 2 aromatic carbocycles. The van der Waals surface area contributed by atoms with Gasteiger partial charge >= 0.3 is 0 Å². The quantitative estimate of drug-likeness (QED) is 0.615. The fourth-order valence-corrected chi connectivity index (χ4v) is 3.35. The molecule has 0 N–H and O–H groups in total. The average Bonchev–Trinajstić information content (AvgIpc) is 2.62. The minimum atomic E-state index is -0.194. The molecule has 1 aliphatic carbocycles. The van der Waals surface area contributed by atoms with Gasteiger partial charge in [-0.05, 0) is 60.6 Å². The number of aromatic nitrogens is 1. The molecule has 0 fully saturated rings. The summed E-state index contributed by atoms with van der Waals surface area (Å²) in [5, 5.41) is 0. The lowest BCUT2D eigenvalue weighted by atomic mass is 9.88. The van der Waals surface area contributed by atoms with E-state index in [4.69, 9.17) is 4.98 Å². The molecule has 0 amide bonds. The Morgan fingerprint density at radius 2 is 1.52 bits per heavy atom. The van der Waals surface area contributed by atoms with E-state index in [1.807, 2.05) is 30.3 Å². The largest absolute Gasteiger partial charge is 0.253 e. The summed E-state index contributed by atoms with van der Waals surface area (Å²) in [5.74, 6) is -0.194. The third kappa shape index (κ3) is 2.77. The third-order valence-electron chi connectivity index (χ3n) is 4.53. The second kappa shape index (κ2) is 5.96. The first-order chi connectivity index (χ1) is 11.3. The molecule has 1 aromatic heterocycles. The van der Waals surface area contributed by atoms with Gasteiger partial charge < -0.3 is 0 Å². The summed E-state index contributed by atoms with van der Waals surface area (Å²) in [6, 6.07) is 19.2. The second-order valence-electron chi connectivity index (χ2n) is 6.06. The number of hydrogen-bond acceptors (Lipinski definition) is 1. The molecule has 0 radical (unpaired) electrons. The Balaban J connectivity index is 1.91. The van der Waals surface area contributed by atoms with Crippen LogP contribution in [0.3, 0.4) is 0 Å². The van der Waals surface area contributed by atoms with E-state index in [2.05, 4.69) is 18.2 Å². The Hall–Kier alpha value is -2.48. The van der Waals surface area contributed by atoms with Crippen LogP contribution >= 0.6 is 0 Å². The van der Waals surface area contributed by atoms with Gasteiger partial charge in [-0.1, -0.05) is 42.5 Å². The fourth-order valence-electron chi connectivity index (χ4n) is 3.35. The number of nitrogens with zero attached hydrogens (tertiary/aromatic N) is 1. The van der Waals surface area contributed by atoms with E-state index in [9.17, 15) is 4.39 Å². The molecule has 0 atom stereocenters. The van der Waals surface area contributed by atoms with Crippen molar-refractivity contribution in [2.45, 2.75) is 25.7 Å². The molecular weight excluding hydrogens is 285 g/mol. The maximum atomic E-state index is 13.3. The standard InChI is InChI=1S/C21H18FN/c22-17-12-10-15(11-13-17)19-14-21(16-6-2-1-3-7-16)23-20-9-5-4-8-18(19)20/h1-3,6-7,10-14H,4-5,8-9H2. The predicted octanol–water partition coefficient (Wildman–Crippen LogP) is 5.43. The van der Waals surface area contributed by atoms with Crippen LogP contribution in [0.1, 0.15) is 24.1 Å². The molecule has 0 aliphatic heterocycles. The first-order valence-electron chi connectivity index (χ1n) is 8.15. The van der Waals surface area contributed by atoms with Crippen molar-refractivity contribution in [2.75, 3.05) is 0 Å². The predicted molar refractivity (Wildman–Crippen MR) is 91.7 cm³/mol. The summed E-state index contributed by atoms with van der Waals surface area (Å²) in [6.45, 7) is 0. The van der Waals surface area contributed by atoms with Crippen LogP contribution in [-0.4, -0.2) is 4.98 Å². The summed E-state index contributed by atoms with van der Waals surface area (Å²) < 4.78 is 13.3. The average molecular weight is 303 g/mol. The highest BCUT2D eigenvalue weighted by Crippen LogP contribution is 2.34. The lowest BCUT2D eigenvalue weighted by Gasteiger charge is -2.20. The van der Waals surface area contributed by atoms with Gasteiger partial charge in [0.05, 0.1) is 5.69 Å². The van der Waals surface area contributed by atoms with Crippen LogP contribution in [0.25, 0.3) is 22.4 Å². The van der Waals surface area contributed by atoms with Gasteiger partial charge in [0.25, 0.3) is 0 Å². The van der Waals surface area contributed by atoms with Crippen molar-refractivity contribution in [1.82, 2.24) is 4.98 Å². The van der Waals surface area contributed by atoms with Crippen LogP contribution in [0.4, 0.5) is 4.39 Å². The van der Waals surface area contributed by atoms with Crippen LogP contribution in [0.15, 0.2) is 60.7 Å². The lowest BCUT2D eigenvalue weighted by molar-refractivity contribution is 0.628. The van der Waals surface area contributed by atoms with Gasteiger partial charge in [0, 0.05) is 11.3 Å². The number of rotatable bonds is 2. The van der Waals surface area contributed by atoms with Gasteiger partial charge in [0.1, 0.15) is 5.82 Å². The highest BCUT2D eigenvalue weighted by molar-refractivity contribution is 5.74. The summed E-state index contributed by atoms with van der Waals surface area (Å²) in [6.07, 6.45) is 4.49. The molecule has 0 bridgehead atoms. The zero-order valence-corrected chi connectivity index (χ0v) is 12.9. The minimum absolute atomic E-state index is 0.194. The Kier molecular flexibility index (Phi) is 3.66. The Bertz CT molecular complexity index is 822. The lowest BCUT2D eigenvalue weighted by Crippen LogP contribution is -2.08. The van der Waals surface area contributed by atoms with Crippen molar-refractivity contribution in [3.8, 4) is 22.4 Å². The molecule has 0 spiro atoms. The van der Waals surface area contributed by atoms with Crippen LogP contribution in [-0.2, 0) is 12.8 Å². The molecule has 2 heteroatoms. The zero-order valence-electron chi connectivity index (χ0n) is 12.9. The van der Waals surface area contributed by atoms with Crippen LogP contribution in [0, 0.1) is 5.82 Å². The van der Waals surface area contributed by atoms with E-state index >= 15 is 0 Å². The van der Waals surface area contributed by atoms with E-state index in [-0.39, 0.29) is 5.82 Å². The van der Waals surface area contributed by atoms with Gasteiger partial charge in [-0.3, -0.25) is 4.98 Å². The highest BCUT2D eigenvalue weighted by Gasteiger charge is 2.18. The van der Waals surface area contributed by atoms with Crippen molar-refractivity contribution < 1.29 is 4.39 Å². The first-order valence-corrected chi connectivity index (χ1v) is 8.15. The van der Waals surface area contributed by atoms with Crippen LogP contribution in [0.2, 0.25) is 0 Å². The van der Waals surface area contributed by atoms with Crippen molar-refractivity contribution in [1.29, 1.82) is 0 Å². The number of pyridine rings is 1. The van der Waals surface area contributed by atoms with E-state index in [0.29, 0.717) is 0 Å². The number of fused-ring (bicyclic) bond motifs is 1. The van der Waals surface area contributed by atoms with Crippen molar-refractivity contribution in [3.63, 3.8) is 0 Å². The van der Waals surface area contributed by atoms with E-state index in [1.165, 1.54) is 41.8 Å². The molecule has 1 aliphatic rings. The Labute approximate surface area is 135 Å². The highest BCUT2D eigenvalue weighted by atomic mass is 19.1. The van der Waals surface area contributed by atoms with Crippen molar-refractivity contribution in [3.05, 3.63) is 77.7 Å². The van der Waals surface area contributed by atoms with Crippen molar-refractivity contribution in [2.24, 2.45) is 0 Å². The summed E-state index contributed by atoms with van der Waals surface area (Å²) in [4.78, 5) is 4.91. The number of halogens is 1. The maximum Gasteiger partial charge on any atom is 0.123 e. The maximum absolute atomic E-state index is 13.3. The first kappa shape index (κ1) is 14.1. The van der Waals surface area contributed by atoms with E-state index in [0.717, 1.165) is 29.7 Å². The van der Waals surface area contributed by atoms with Gasteiger partial charge in [-0.2, -0.15) is 0 Å². The van der Waals surface area contributed by atoms with Crippen LogP contribution < -0.4 is 0 Å². The fraction of sp³-hybridized carbons (Fsp3) is 0.190. The van der Waals surface area contributed by atoms with Crippen molar-refractivity contribution >= 4 is 0 Å². The SMILES string of the molecule is Fc1ccc(-c2cc(-c3ccccc3)nc3c2CCCC3)cc1. The second-order valence-corrected chi connectivity index (χ2v) is 6.06. The van der Waals surface area contributed by atoms with E-state index < -0.39 is 0 Å². The summed E-state index contributed by atoms with van der Waals surface area (Å²) in [7, 11) is 0. The van der Waals surface area contributed by atoms with Gasteiger partial charge in [0.2, 0.25) is 0 Å². The Morgan fingerprint density at radius 3 is 2.30 bits per heavy atom. The summed E-state index contributed by atoms with van der Waals surface area (Å²) >= 11 is 0. The molecule has 1 heterocycles. The van der Waals surface area contributed by atoms with Gasteiger partial charge in [-0.15, -0.1) is 0 Å². The molecule has 3 aromatic rings. The molecular formula is C21H18FN. The monoisotopic (exact) mass is 303 g/mol. The molecule has 114 valence electrons. The number of aryl methyl sites for hydroxylation is 1. The zero-order chi connectivity index (χ0) is 15.6.